The predicted molar refractivity (Wildman–Crippen MR) is 108 cm³/mol. The molecule has 0 aliphatic heterocycles. The van der Waals surface area contributed by atoms with Gasteiger partial charge in [0.25, 0.3) is 0 Å². The van der Waals surface area contributed by atoms with Gasteiger partial charge in [0.2, 0.25) is 5.91 Å². The van der Waals surface area contributed by atoms with E-state index in [1.165, 1.54) is 5.56 Å². The molecule has 3 aromatic carbocycles. The van der Waals surface area contributed by atoms with Crippen molar-refractivity contribution in [2.45, 2.75) is 6.54 Å². The second-order valence-electron chi connectivity index (χ2n) is 6.51. The normalized spacial score (nSPS) is 10.9. The second kappa shape index (κ2) is 6.96. The smallest absolute Gasteiger partial charge is 0.248 e. The SMILES string of the molecule is Cn1ncc2cc(-c3cc(C(N)=O)ccc3NCc3ccccc3)ccc21. The molecule has 0 bridgehead atoms. The highest BCUT2D eigenvalue weighted by atomic mass is 16.1. The molecule has 1 aromatic heterocycles. The lowest BCUT2D eigenvalue weighted by atomic mass is 9.99. The molecule has 4 rings (SSSR count). The third kappa shape index (κ3) is 3.40. The van der Waals surface area contributed by atoms with Gasteiger partial charge in [-0.05, 0) is 41.5 Å². The topological polar surface area (TPSA) is 72.9 Å². The van der Waals surface area contributed by atoms with Crippen molar-refractivity contribution in [3.63, 3.8) is 0 Å². The Morgan fingerprint density at radius 1 is 1.07 bits per heavy atom. The zero-order chi connectivity index (χ0) is 18.8. The van der Waals surface area contributed by atoms with Crippen molar-refractivity contribution in [2.75, 3.05) is 5.32 Å². The summed E-state index contributed by atoms with van der Waals surface area (Å²) < 4.78 is 1.84. The van der Waals surface area contributed by atoms with Crippen molar-refractivity contribution in [1.82, 2.24) is 9.78 Å². The Bertz CT molecular complexity index is 1120. The number of carbonyl (C=O) groups excluding carboxylic acids is 1. The lowest BCUT2D eigenvalue weighted by Gasteiger charge is -2.14. The van der Waals surface area contributed by atoms with Crippen molar-refractivity contribution in [2.24, 2.45) is 12.8 Å². The largest absolute Gasteiger partial charge is 0.380 e. The molecule has 0 atom stereocenters. The molecule has 5 heteroatoms. The van der Waals surface area contributed by atoms with Crippen LogP contribution in [0.2, 0.25) is 0 Å². The summed E-state index contributed by atoms with van der Waals surface area (Å²) in [6.45, 7) is 0.693. The maximum Gasteiger partial charge on any atom is 0.248 e. The molecule has 3 N–H and O–H groups in total. The summed E-state index contributed by atoms with van der Waals surface area (Å²) in [4.78, 5) is 11.7. The molecule has 0 spiro atoms. The minimum absolute atomic E-state index is 0.437. The summed E-state index contributed by atoms with van der Waals surface area (Å²) in [5, 5.41) is 8.83. The zero-order valence-corrected chi connectivity index (χ0v) is 15.0. The van der Waals surface area contributed by atoms with E-state index in [4.69, 9.17) is 5.73 Å². The third-order valence-corrected chi connectivity index (χ3v) is 4.69. The third-order valence-electron chi connectivity index (χ3n) is 4.69. The number of benzene rings is 3. The highest BCUT2D eigenvalue weighted by Crippen LogP contribution is 2.31. The Morgan fingerprint density at radius 2 is 1.89 bits per heavy atom. The quantitative estimate of drug-likeness (QED) is 0.569. The van der Waals surface area contributed by atoms with Crippen LogP contribution < -0.4 is 11.1 Å². The molecule has 4 aromatic rings. The van der Waals surface area contributed by atoms with Crippen LogP contribution in [0.15, 0.2) is 72.9 Å². The fraction of sp³-hybridized carbons (Fsp3) is 0.0909. The lowest BCUT2D eigenvalue weighted by molar-refractivity contribution is 0.100. The molecule has 134 valence electrons. The van der Waals surface area contributed by atoms with E-state index in [0.717, 1.165) is 27.7 Å². The number of anilines is 1. The van der Waals surface area contributed by atoms with Crippen LogP contribution in [-0.2, 0) is 13.6 Å². The van der Waals surface area contributed by atoms with Gasteiger partial charge in [-0.3, -0.25) is 9.48 Å². The molecule has 0 saturated heterocycles. The fourth-order valence-electron chi connectivity index (χ4n) is 3.21. The maximum absolute atomic E-state index is 11.7. The van der Waals surface area contributed by atoms with E-state index in [2.05, 4.69) is 28.6 Å². The monoisotopic (exact) mass is 356 g/mol. The van der Waals surface area contributed by atoms with Gasteiger partial charge in [0.05, 0.1) is 11.7 Å². The van der Waals surface area contributed by atoms with Gasteiger partial charge >= 0.3 is 0 Å². The molecule has 0 radical (unpaired) electrons. The highest BCUT2D eigenvalue weighted by molar-refractivity contribution is 5.96. The summed E-state index contributed by atoms with van der Waals surface area (Å²) in [6, 6.07) is 21.8. The molecule has 0 aliphatic rings. The van der Waals surface area contributed by atoms with Crippen molar-refractivity contribution in [1.29, 1.82) is 0 Å². The van der Waals surface area contributed by atoms with Gasteiger partial charge in [-0.25, -0.2) is 0 Å². The number of nitrogens with two attached hydrogens (primary N) is 1. The molecular formula is C22H20N4O. The van der Waals surface area contributed by atoms with Crippen LogP contribution in [0.5, 0.6) is 0 Å². The van der Waals surface area contributed by atoms with E-state index in [-0.39, 0.29) is 0 Å². The first-order valence-corrected chi connectivity index (χ1v) is 8.75. The van der Waals surface area contributed by atoms with Gasteiger partial charge in [0.15, 0.2) is 0 Å². The Balaban J connectivity index is 1.75. The van der Waals surface area contributed by atoms with Gasteiger partial charge in [0.1, 0.15) is 0 Å². The number of fused-ring (bicyclic) bond motifs is 1. The summed E-state index contributed by atoms with van der Waals surface area (Å²) >= 11 is 0. The first-order valence-electron chi connectivity index (χ1n) is 8.75. The average molecular weight is 356 g/mol. The summed E-state index contributed by atoms with van der Waals surface area (Å²) in [6.07, 6.45) is 1.84. The molecule has 5 nitrogen and oxygen atoms in total. The first kappa shape index (κ1) is 16.8. The minimum atomic E-state index is -0.437. The van der Waals surface area contributed by atoms with Crippen LogP contribution in [0.4, 0.5) is 5.69 Å². The highest BCUT2D eigenvalue weighted by Gasteiger charge is 2.11. The number of rotatable bonds is 5. The summed E-state index contributed by atoms with van der Waals surface area (Å²) in [5.74, 6) is -0.437. The van der Waals surface area contributed by atoms with Crippen LogP contribution in [0.1, 0.15) is 15.9 Å². The van der Waals surface area contributed by atoms with Gasteiger partial charge in [-0.1, -0.05) is 36.4 Å². The number of carbonyl (C=O) groups is 1. The first-order chi connectivity index (χ1) is 13.1. The minimum Gasteiger partial charge on any atom is -0.380 e. The van der Waals surface area contributed by atoms with Gasteiger partial charge in [-0.15, -0.1) is 0 Å². The molecule has 1 amide bonds. The summed E-state index contributed by atoms with van der Waals surface area (Å²) in [7, 11) is 1.92. The average Bonchev–Trinajstić information content (AvgIpc) is 3.07. The standard InChI is InChI=1S/C22H20N4O/c1-26-21-10-8-16(11-18(21)14-25-26)19-12-17(22(23)27)7-9-20(19)24-13-15-5-3-2-4-6-15/h2-12,14,24H,13H2,1H3,(H2,23,27). The van der Waals surface area contributed by atoms with Crippen LogP contribution in [-0.4, -0.2) is 15.7 Å². The van der Waals surface area contributed by atoms with E-state index in [1.54, 1.807) is 6.07 Å². The number of hydrogen-bond donors (Lipinski definition) is 2. The van der Waals surface area contributed by atoms with E-state index in [1.807, 2.05) is 60.4 Å². The number of primary amides is 1. The Morgan fingerprint density at radius 3 is 2.67 bits per heavy atom. The molecule has 0 unspecified atom stereocenters. The Labute approximate surface area is 157 Å². The second-order valence-corrected chi connectivity index (χ2v) is 6.51. The fourth-order valence-corrected chi connectivity index (χ4v) is 3.21. The van der Waals surface area contributed by atoms with Gasteiger partial charge < -0.3 is 11.1 Å². The predicted octanol–water partition coefficient (Wildman–Crippen LogP) is 3.95. The number of amides is 1. The Hall–Kier alpha value is -3.60. The lowest BCUT2D eigenvalue weighted by Crippen LogP contribution is -2.11. The molecule has 0 aliphatic carbocycles. The van der Waals surface area contributed by atoms with Crippen LogP contribution in [0.25, 0.3) is 22.0 Å². The van der Waals surface area contributed by atoms with Gasteiger partial charge in [0, 0.05) is 35.8 Å². The number of nitrogens with one attached hydrogen (secondary N) is 1. The van der Waals surface area contributed by atoms with Crippen LogP contribution in [0.3, 0.4) is 0 Å². The summed E-state index contributed by atoms with van der Waals surface area (Å²) in [5.41, 5.74) is 11.1. The molecule has 0 saturated carbocycles. The van der Waals surface area contributed by atoms with Crippen LogP contribution in [0, 0.1) is 0 Å². The zero-order valence-electron chi connectivity index (χ0n) is 15.0. The van der Waals surface area contributed by atoms with E-state index >= 15 is 0 Å². The van der Waals surface area contributed by atoms with Crippen molar-refractivity contribution < 1.29 is 4.79 Å². The number of nitrogens with zero attached hydrogens (tertiary/aromatic N) is 2. The van der Waals surface area contributed by atoms with E-state index in [0.29, 0.717) is 12.1 Å². The van der Waals surface area contributed by atoms with Crippen molar-refractivity contribution in [3.8, 4) is 11.1 Å². The van der Waals surface area contributed by atoms with Crippen LogP contribution >= 0.6 is 0 Å². The molecule has 1 heterocycles. The molecule has 27 heavy (non-hydrogen) atoms. The van der Waals surface area contributed by atoms with Crippen molar-refractivity contribution >= 4 is 22.5 Å². The number of aryl methyl sites for hydroxylation is 1. The van der Waals surface area contributed by atoms with Gasteiger partial charge in [-0.2, -0.15) is 5.10 Å². The van der Waals surface area contributed by atoms with E-state index in [9.17, 15) is 4.79 Å². The molecular weight excluding hydrogens is 336 g/mol. The Kier molecular flexibility index (Phi) is 4.34. The number of aromatic nitrogens is 2. The number of hydrogen-bond acceptors (Lipinski definition) is 3. The molecule has 0 fully saturated rings. The van der Waals surface area contributed by atoms with Crippen molar-refractivity contribution in [3.05, 3.63) is 84.1 Å². The van der Waals surface area contributed by atoms with E-state index < -0.39 is 5.91 Å². The maximum atomic E-state index is 11.7.